The van der Waals surface area contributed by atoms with Crippen molar-refractivity contribution in [1.82, 2.24) is 0 Å². The van der Waals surface area contributed by atoms with E-state index in [-0.39, 0.29) is 0 Å². The summed E-state index contributed by atoms with van der Waals surface area (Å²) < 4.78 is 0. The van der Waals surface area contributed by atoms with Crippen LogP contribution in [0.1, 0.15) is 48.9 Å². The third kappa shape index (κ3) is 4.01. The molecule has 0 aromatic heterocycles. The maximum absolute atomic E-state index is 6.19. The zero-order valence-corrected chi connectivity index (χ0v) is 13.2. The first kappa shape index (κ1) is 15.4. The summed E-state index contributed by atoms with van der Waals surface area (Å²) in [6, 6.07) is 12.8. The number of anilines is 2. The average molecular weight is 282 g/mol. The van der Waals surface area contributed by atoms with E-state index in [9.17, 15) is 0 Å². The monoisotopic (exact) mass is 282 g/mol. The smallest absolute Gasteiger partial charge is 0.0352 e. The van der Waals surface area contributed by atoms with Gasteiger partial charge in [0, 0.05) is 17.8 Å². The molecule has 0 radical (unpaired) electrons. The quantitative estimate of drug-likeness (QED) is 0.774. The van der Waals surface area contributed by atoms with Crippen molar-refractivity contribution in [3.63, 3.8) is 0 Å². The third-order valence-electron chi connectivity index (χ3n) is 3.88. The minimum atomic E-state index is 0.802. The molecule has 0 aliphatic carbocycles. The van der Waals surface area contributed by atoms with Gasteiger partial charge in [-0.3, -0.25) is 0 Å². The van der Waals surface area contributed by atoms with E-state index in [1.807, 2.05) is 0 Å². The molecule has 0 atom stereocenters. The summed E-state index contributed by atoms with van der Waals surface area (Å²) in [7, 11) is 0. The van der Waals surface area contributed by atoms with Crippen molar-refractivity contribution in [1.29, 1.82) is 0 Å². The number of hydrogen-bond donors (Lipinski definition) is 2. The first-order valence-electron chi connectivity index (χ1n) is 7.88. The molecule has 0 saturated carbocycles. The minimum absolute atomic E-state index is 0.802. The lowest BCUT2D eigenvalue weighted by Gasteiger charge is -2.11. The average Bonchev–Trinajstić information content (AvgIpc) is 2.45. The van der Waals surface area contributed by atoms with E-state index in [0.29, 0.717) is 0 Å². The van der Waals surface area contributed by atoms with Crippen LogP contribution in [0.25, 0.3) is 0 Å². The number of benzene rings is 2. The number of nitrogens with two attached hydrogens (primary N) is 2. The molecule has 0 bridgehead atoms. The molecule has 4 N–H and O–H groups in total. The molecule has 0 amide bonds. The highest BCUT2D eigenvalue weighted by atomic mass is 14.6. The zero-order chi connectivity index (χ0) is 15.2. The second kappa shape index (κ2) is 7.16. The van der Waals surface area contributed by atoms with Gasteiger partial charge in [0.15, 0.2) is 0 Å². The molecule has 0 aliphatic rings. The van der Waals surface area contributed by atoms with Gasteiger partial charge < -0.3 is 11.5 Å². The molecule has 112 valence electrons. The van der Waals surface area contributed by atoms with Crippen LogP contribution in [-0.4, -0.2) is 0 Å². The van der Waals surface area contributed by atoms with Gasteiger partial charge in [-0.15, -0.1) is 0 Å². The molecule has 0 spiro atoms. The van der Waals surface area contributed by atoms with Crippen LogP contribution in [0.15, 0.2) is 36.4 Å². The van der Waals surface area contributed by atoms with Gasteiger partial charge in [-0.25, -0.2) is 0 Å². The Hall–Kier alpha value is -1.96. The maximum atomic E-state index is 6.19. The summed E-state index contributed by atoms with van der Waals surface area (Å²) in [5, 5.41) is 0. The van der Waals surface area contributed by atoms with Crippen molar-refractivity contribution >= 4 is 11.4 Å². The Labute approximate surface area is 128 Å². The van der Waals surface area contributed by atoms with Gasteiger partial charge in [0.25, 0.3) is 0 Å². The third-order valence-corrected chi connectivity index (χ3v) is 3.88. The molecular formula is C19H26N2. The SMILES string of the molecule is CCCc1ccc(Cc2ccc(CCC)cc2N)c(N)c1. The van der Waals surface area contributed by atoms with Gasteiger partial charge in [-0.2, -0.15) is 0 Å². The van der Waals surface area contributed by atoms with E-state index >= 15 is 0 Å². The topological polar surface area (TPSA) is 52.0 Å². The van der Waals surface area contributed by atoms with Crippen molar-refractivity contribution < 1.29 is 0 Å². The number of rotatable bonds is 6. The zero-order valence-electron chi connectivity index (χ0n) is 13.2. The van der Waals surface area contributed by atoms with E-state index in [2.05, 4.69) is 50.2 Å². The van der Waals surface area contributed by atoms with Gasteiger partial charge in [0.1, 0.15) is 0 Å². The Bertz CT molecular complexity index is 549. The Balaban J connectivity index is 2.18. The summed E-state index contributed by atoms with van der Waals surface area (Å²) >= 11 is 0. The lowest BCUT2D eigenvalue weighted by atomic mass is 9.97. The molecule has 21 heavy (non-hydrogen) atoms. The molecular weight excluding hydrogens is 256 g/mol. The van der Waals surface area contributed by atoms with Crippen molar-refractivity contribution in [2.24, 2.45) is 0 Å². The first-order chi connectivity index (χ1) is 10.1. The predicted molar refractivity (Wildman–Crippen MR) is 92.5 cm³/mol. The number of aryl methyl sites for hydroxylation is 2. The number of hydrogen-bond acceptors (Lipinski definition) is 2. The van der Waals surface area contributed by atoms with Gasteiger partial charge in [-0.05, 0) is 47.2 Å². The van der Waals surface area contributed by atoms with E-state index in [0.717, 1.165) is 54.6 Å². The fourth-order valence-electron chi connectivity index (χ4n) is 2.70. The molecule has 2 heteroatoms. The van der Waals surface area contributed by atoms with Gasteiger partial charge in [0.05, 0.1) is 0 Å². The largest absolute Gasteiger partial charge is 0.398 e. The molecule has 2 nitrogen and oxygen atoms in total. The van der Waals surface area contributed by atoms with E-state index in [1.54, 1.807) is 0 Å². The van der Waals surface area contributed by atoms with Crippen LogP contribution in [0.3, 0.4) is 0 Å². The van der Waals surface area contributed by atoms with E-state index < -0.39 is 0 Å². The van der Waals surface area contributed by atoms with E-state index in [1.165, 1.54) is 11.1 Å². The molecule has 0 aliphatic heterocycles. The standard InChI is InChI=1S/C19H26N2/c1-3-5-14-7-9-16(18(20)11-14)13-17-10-8-15(6-4-2)12-19(17)21/h7-12H,3-6,13,20-21H2,1-2H3. The van der Waals surface area contributed by atoms with Crippen LogP contribution in [0.4, 0.5) is 11.4 Å². The molecule has 0 fully saturated rings. The van der Waals surface area contributed by atoms with Crippen molar-refractivity contribution in [3.8, 4) is 0 Å². The van der Waals surface area contributed by atoms with E-state index in [4.69, 9.17) is 11.5 Å². The number of nitrogen functional groups attached to an aromatic ring is 2. The summed E-state index contributed by atoms with van der Waals surface area (Å²) in [5.74, 6) is 0. The second-order valence-electron chi connectivity index (χ2n) is 5.74. The molecule has 2 rings (SSSR count). The van der Waals surface area contributed by atoms with Crippen LogP contribution in [0.5, 0.6) is 0 Å². The summed E-state index contributed by atoms with van der Waals surface area (Å²) in [5.41, 5.74) is 19.1. The summed E-state index contributed by atoms with van der Waals surface area (Å²) in [6.07, 6.45) is 5.25. The van der Waals surface area contributed by atoms with Gasteiger partial charge in [0.2, 0.25) is 0 Å². The fourth-order valence-corrected chi connectivity index (χ4v) is 2.70. The Morgan fingerprint density at radius 1 is 0.714 bits per heavy atom. The molecule has 2 aromatic rings. The Kier molecular flexibility index (Phi) is 5.26. The van der Waals surface area contributed by atoms with Gasteiger partial charge >= 0.3 is 0 Å². The van der Waals surface area contributed by atoms with Crippen LogP contribution >= 0.6 is 0 Å². The maximum Gasteiger partial charge on any atom is 0.0352 e. The normalized spacial score (nSPS) is 10.8. The second-order valence-corrected chi connectivity index (χ2v) is 5.74. The highest BCUT2D eigenvalue weighted by Gasteiger charge is 2.06. The Morgan fingerprint density at radius 3 is 1.48 bits per heavy atom. The Morgan fingerprint density at radius 2 is 1.14 bits per heavy atom. The highest BCUT2D eigenvalue weighted by Crippen LogP contribution is 2.23. The van der Waals surface area contributed by atoms with Crippen molar-refractivity contribution in [3.05, 3.63) is 58.7 Å². The van der Waals surface area contributed by atoms with Crippen molar-refractivity contribution in [2.75, 3.05) is 11.5 Å². The lowest BCUT2D eigenvalue weighted by Crippen LogP contribution is -2.01. The lowest BCUT2D eigenvalue weighted by molar-refractivity contribution is 0.919. The van der Waals surface area contributed by atoms with Crippen LogP contribution in [0, 0.1) is 0 Å². The highest BCUT2D eigenvalue weighted by molar-refractivity contribution is 5.56. The summed E-state index contributed by atoms with van der Waals surface area (Å²) in [6.45, 7) is 4.37. The van der Waals surface area contributed by atoms with Gasteiger partial charge in [-0.1, -0.05) is 51.0 Å². The van der Waals surface area contributed by atoms with Crippen LogP contribution < -0.4 is 11.5 Å². The molecule has 0 heterocycles. The van der Waals surface area contributed by atoms with Crippen molar-refractivity contribution in [2.45, 2.75) is 46.0 Å². The van der Waals surface area contributed by atoms with Crippen LogP contribution in [-0.2, 0) is 19.3 Å². The molecule has 0 unspecified atom stereocenters. The first-order valence-corrected chi connectivity index (χ1v) is 7.88. The summed E-state index contributed by atoms with van der Waals surface area (Å²) in [4.78, 5) is 0. The van der Waals surface area contributed by atoms with Crippen LogP contribution in [0.2, 0.25) is 0 Å². The predicted octanol–water partition coefficient (Wildman–Crippen LogP) is 4.35. The minimum Gasteiger partial charge on any atom is -0.398 e. The molecule has 2 aromatic carbocycles. The molecule has 0 saturated heterocycles. The fraction of sp³-hybridized carbons (Fsp3) is 0.368.